The van der Waals surface area contributed by atoms with Crippen LogP contribution in [0.1, 0.15) is 38.3 Å². The summed E-state index contributed by atoms with van der Waals surface area (Å²) in [6, 6.07) is 9.74. The van der Waals surface area contributed by atoms with Crippen LogP contribution >= 0.6 is 0 Å². The van der Waals surface area contributed by atoms with E-state index in [9.17, 15) is 10.1 Å². The number of anilines is 1. The fourth-order valence-electron chi connectivity index (χ4n) is 4.04. The van der Waals surface area contributed by atoms with Crippen molar-refractivity contribution < 1.29 is 9.53 Å². The van der Waals surface area contributed by atoms with Crippen LogP contribution in [0.25, 0.3) is 11.0 Å². The van der Waals surface area contributed by atoms with E-state index < -0.39 is 5.92 Å². The van der Waals surface area contributed by atoms with Crippen LogP contribution in [-0.4, -0.2) is 49.2 Å². The van der Waals surface area contributed by atoms with Crippen LogP contribution in [0.3, 0.4) is 0 Å². The van der Waals surface area contributed by atoms with Crippen molar-refractivity contribution in [2.24, 2.45) is 11.8 Å². The van der Waals surface area contributed by atoms with Crippen LogP contribution in [0.15, 0.2) is 24.3 Å². The van der Waals surface area contributed by atoms with E-state index in [1.165, 1.54) is 0 Å². The smallest absolute Gasteiger partial charge is 0.243 e. The zero-order valence-corrected chi connectivity index (χ0v) is 17.4. The minimum absolute atomic E-state index is 0.340. The first-order chi connectivity index (χ1) is 14.0. The highest BCUT2D eigenvalue weighted by atomic mass is 16.5. The molecule has 7 heteroatoms. The Balaban J connectivity index is 1.97. The minimum atomic E-state index is -1.00. The van der Waals surface area contributed by atoms with E-state index >= 15 is 0 Å². The number of carbonyl (C=O) groups excluding carboxylic acids is 1. The average molecular weight is 396 g/mol. The number of nitrogens with zero attached hydrogens (tertiary/aromatic N) is 4. The van der Waals surface area contributed by atoms with Crippen molar-refractivity contribution in [1.29, 1.82) is 5.26 Å². The molecule has 154 valence electrons. The second-order valence-corrected chi connectivity index (χ2v) is 7.97. The molecule has 1 aliphatic rings. The Morgan fingerprint density at radius 2 is 1.93 bits per heavy atom. The first-order valence-corrected chi connectivity index (χ1v) is 10.2. The molecule has 0 bridgehead atoms. The van der Waals surface area contributed by atoms with Crippen molar-refractivity contribution in [1.82, 2.24) is 15.3 Å². The van der Waals surface area contributed by atoms with E-state index in [0.29, 0.717) is 48.4 Å². The van der Waals surface area contributed by atoms with Crippen molar-refractivity contribution in [3.63, 3.8) is 0 Å². The maximum atomic E-state index is 12.8. The summed E-state index contributed by atoms with van der Waals surface area (Å²) >= 11 is 0. The highest BCUT2D eigenvalue weighted by Crippen LogP contribution is 2.31. The Morgan fingerprint density at radius 3 is 2.55 bits per heavy atom. The first-order valence-electron chi connectivity index (χ1n) is 10.2. The monoisotopic (exact) mass is 395 g/mol. The Morgan fingerprint density at radius 1 is 1.28 bits per heavy atom. The molecular formula is C22H29N5O2. The van der Waals surface area contributed by atoms with Gasteiger partial charge in [-0.2, -0.15) is 5.26 Å². The molecule has 0 saturated carbocycles. The molecule has 0 aliphatic carbocycles. The molecule has 1 amide bonds. The third-order valence-electron chi connectivity index (χ3n) is 5.24. The maximum Gasteiger partial charge on any atom is 0.243 e. The summed E-state index contributed by atoms with van der Waals surface area (Å²) in [5.41, 5.74) is 1.91. The molecule has 7 nitrogen and oxygen atoms in total. The minimum Gasteiger partial charge on any atom is -0.385 e. The SMILES string of the molecule is COCCCNC(=O)[C@H](C#N)c1nc2ccccc2nc1N1C[C@H](C)C[C@H](C)C1. The van der Waals surface area contributed by atoms with Gasteiger partial charge in [0.25, 0.3) is 0 Å². The Bertz CT molecular complexity index is 884. The standard InChI is InChI=1S/C22H29N5O2/c1-15-11-16(2)14-27(13-15)21-20(25-18-7-4-5-8-19(18)26-21)17(12-23)22(28)24-9-6-10-29-3/h4-5,7-8,15-17H,6,9-11,13-14H2,1-3H3,(H,24,28)/t15-,16+,17-/m1/s1. The molecular weight excluding hydrogens is 366 g/mol. The Hall–Kier alpha value is -2.72. The lowest BCUT2D eigenvalue weighted by Gasteiger charge is -2.36. The van der Waals surface area contributed by atoms with Gasteiger partial charge in [0.15, 0.2) is 11.7 Å². The zero-order chi connectivity index (χ0) is 20.8. The number of carbonyl (C=O) groups is 1. The molecule has 2 aromatic rings. The molecule has 1 N–H and O–H groups in total. The van der Waals surface area contributed by atoms with Gasteiger partial charge in [0, 0.05) is 33.4 Å². The average Bonchev–Trinajstić information content (AvgIpc) is 2.70. The molecule has 1 saturated heterocycles. The fraction of sp³-hybridized carbons (Fsp3) is 0.545. The van der Waals surface area contributed by atoms with E-state index in [1.54, 1.807) is 7.11 Å². The molecule has 1 aromatic carbocycles. The summed E-state index contributed by atoms with van der Waals surface area (Å²) in [6.07, 6.45) is 1.85. The Kier molecular flexibility index (Phi) is 6.99. The lowest BCUT2D eigenvalue weighted by Crippen LogP contribution is -2.40. The van der Waals surface area contributed by atoms with E-state index in [2.05, 4.69) is 30.1 Å². The molecule has 3 rings (SSSR count). The number of para-hydroxylation sites is 2. The summed E-state index contributed by atoms with van der Waals surface area (Å²) < 4.78 is 5.02. The van der Waals surface area contributed by atoms with Gasteiger partial charge < -0.3 is 15.0 Å². The largest absolute Gasteiger partial charge is 0.385 e. The lowest BCUT2D eigenvalue weighted by atomic mass is 9.91. The van der Waals surface area contributed by atoms with Crippen LogP contribution in [-0.2, 0) is 9.53 Å². The zero-order valence-electron chi connectivity index (χ0n) is 17.4. The normalized spacial score (nSPS) is 20.3. The number of methoxy groups -OCH3 is 1. The predicted molar refractivity (Wildman–Crippen MR) is 113 cm³/mol. The van der Waals surface area contributed by atoms with Crippen LogP contribution < -0.4 is 10.2 Å². The van der Waals surface area contributed by atoms with E-state index in [0.717, 1.165) is 25.0 Å². The molecule has 2 heterocycles. The summed E-state index contributed by atoms with van der Waals surface area (Å²) in [5, 5.41) is 12.7. The van der Waals surface area contributed by atoms with Crippen molar-refractivity contribution in [2.45, 2.75) is 32.6 Å². The molecule has 0 unspecified atom stereocenters. The molecule has 29 heavy (non-hydrogen) atoms. The molecule has 3 atom stereocenters. The highest BCUT2D eigenvalue weighted by Gasteiger charge is 2.31. The number of aromatic nitrogens is 2. The summed E-state index contributed by atoms with van der Waals surface area (Å²) in [6.45, 7) is 7.15. The van der Waals surface area contributed by atoms with E-state index in [4.69, 9.17) is 14.7 Å². The summed E-state index contributed by atoms with van der Waals surface area (Å²) in [5.74, 6) is 0.344. The summed E-state index contributed by atoms with van der Waals surface area (Å²) in [7, 11) is 1.62. The maximum absolute atomic E-state index is 12.8. The van der Waals surface area contributed by atoms with E-state index in [-0.39, 0.29) is 5.91 Å². The van der Waals surface area contributed by atoms with Crippen LogP contribution in [0, 0.1) is 23.2 Å². The number of nitriles is 1. The van der Waals surface area contributed by atoms with Gasteiger partial charge in [-0.05, 0) is 36.8 Å². The van der Waals surface area contributed by atoms with Crippen molar-refractivity contribution in [3.05, 3.63) is 30.0 Å². The van der Waals surface area contributed by atoms with E-state index in [1.807, 2.05) is 24.3 Å². The van der Waals surface area contributed by atoms with Gasteiger partial charge in [0.1, 0.15) is 5.69 Å². The first kappa shape index (κ1) is 21.0. The number of hydrogen-bond donors (Lipinski definition) is 1. The number of fused-ring (bicyclic) bond motifs is 1. The lowest BCUT2D eigenvalue weighted by molar-refractivity contribution is -0.121. The topological polar surface area (TPSA) is 91.1 Å². The number of amides is 1. The molecule has 1 aromatic heterocycles. The van der Waals surface area contributed by atoms with Crippen molar-refractivity contribution >= 4 is 22.8 Å². The number of ether oxygens (including phenoxy) is 1. The van der Waals surface area contributed by atoms with Crippen LogP contribution in [0.5, 0.6) is 0 Å². The highest BCUT2D eigenvalue weighted by molar-refractivity contribution is 5.88. The van der Waals surface area contributed by atoms with Gasteiger partial charge in [-0.1, -0.05) is 26.0 Å². The molecule has 1 fully saturated rings. The molecule has 1 aliphatic heterocycles. The van der Waals surface area contributed by atoms with Crippen LogP contribution in [0.4, 0.5) is 5.82 Å². The Labute approximate surface area is 172 Å². The van der Waals surface area contributed by atoms with Gasteiger partial charge in [-0.15, -0.1) is 0 Å². The summed E-state index contributed by atoms with van der Waals surface area (Å²) in [4.78, 5) is 24.5. The van der Waals surface area contributed by atoms with Crippen molar-refractivity contribution in [3.8, 4) is 6.07 Å². The van der Waals surface area contributed by atoms with Gasteiger partial charge in [0.05, 0.1) is 17.1 Å². The quantitative estimate of drug-likeness (QED) is 0.725. The molecule has 0 spiro atoms. The number of rotatable bonds is 7. The predicted octanol–water partition coefficient (Wildman–Crippen LogP) is 2.87. The fourth-order valence-corrected chi connectivity index (χ4v) is 4.04. The third kappa shape index (κ3) is 5.01. The second-order valence-electron chi connectivity index (χ2n) is 7.97. The van der Waals surface area contributed by atoms with Crippen molar-refractivity contribution in [2.75, 3.05) is 38.3 Å². The van der Waals surface area contributed by atoms with Gasteiger partial charge in [-0.25, -0.2) is 9.97 Å². The second kappa shape index (κ2) is 9.66. The number of piperidine rings is 1. The number of nitrogens with one attached hydrogen (secondary N) is 1. The third-order valence-corrected chi connectivity index (χ3v) is 5.24. The van der Waals surface area contributed by atoms with Gasteiger partial charge >= 0.3 is 0 Å². The number of benzene rings is 1. The number of hydrogen-bond acceptors (Lipinski definition) is 6. The van der Waals surface area contributed by atoms with Gasteiger partial charge in [-0.3, -0.25) is 4.79 Å². The van der Waals surface area contributed by atoms with Gasteiger partial charge in [0.2, 0.25) is 5.91 Å². The van der Waals surface area contributed by atoms with Crippen LogP contribution in [0.2, 0.25) is 0 Å². The molecule has 0 radical (unpaired) electrons.